The summed E-state index contributed by atoms with van der Waals surface area (Å²) in [5.41, 5.74) is 8.45. The number of hydrogen-bond acceptors (Lipinski definition) is 8. The van der Waals surface area contributed by atoms with Gasteiger partial charge < -0.3 is 10.7 Å². The molecule has 0 radical (unpaired) electrons. The van der Waals surface area contributed by atoms with Crippen molar-refractivity contribution in [3.05, 3.63) is 48.0 Å². The number of nitriles is 1. The highest BCUT2D eigenvalue weighted by Crippen LogP contribution is 2.31. The monoisotopic (exact) mass is 399 g/mol. The second-order valence-corrected chi connectivity index (χ2v) is 7.68. The van der Waals surface area contributed by atoms with Gasteiger partial charge in [0, 0.05) is 17.7 Å². The predicted molar refractivity (Wildman–Crippen MR) is 116 cm³/mol. The Morgan fingerprint density at radius 1 is 1.23 bits per heavy atom. The van der Waals surface area contributed by atoms with Crippen LogP contribution in [0.2, 0.25) is 0 Å². The predicted octanol–water partition coefficient (Wildman–Crippen LogP) is 3.27. The first kappa shape index (κ1) is 19.3. The third-order valence-electron chi connectivity index (χ3n) is 4.67. The summed E-state index contributed by atoms with van der Waals surface area (Å²) in [4.78, 5) is 20.4. The summed E-state index contributed by atoms with van der Waals surface area (Å²) >= 11 is 0. The van der Waals surface area contributed by atoms with Gasteiger partial charge in [-0.05, 0) is 26.8 Å². The highest BCUT2D eigenvalue weighted by molar-refractivity contribution is 5.88. The number of allylic oxidation sites excluding steroid dienone is 1. The highest BCUT2D eigenvalue weighted by atomic mass is 15.6. The van der Waals surface area contributed by atoms with Crippen molar-refractivity contribution in [3.63, 3.8) is 0 Å². The summed E-state index contributed by atoms with van der Waals surface area (Å²) in [7, 11) is 0. The van der Waals surface area contributed by atoms with Crippen LogP contribution in [0.4, 0.5) is 11.9 Å². The molecule has 30 heavy (non-hydrogen) atoms. The second-order valence-electron chi connectivity index (χ2n) is 7.68. The SMILES string of the molecule is CC1=NN(c2nc(N)nc(C(C#N)=Cc3cnc(-c4ccccc4)[nH]3)n2)C(C)(C)C1. The van der Waals surface area contributed by atoms with E-state index in [0.717, 1.165) is 17.7 Å². The minimum absolute atomic E-state index is 0.0290. The van der Waals surface area contributed by atoms with Gasteiger partial charge in [0.25, 0.3) is 5.95 Å². The van der Waals surface area contributed by atoms with E-state index >= 15 is 0 Å². The van der Waals surface area contributed by atoms with Gasteiger partial charge in [0.2, 0.25) is 5.95 Å². The molecule has 0 fully saturated rings. The maximum atomic E-state index is 9.72. The molecular weight excluding hydrogens is 378 g/mol. The Hall–Kier alpha value is -4.06. The van der Waals surface area contributed by atoms with Crippen LogP contribution in [-0.4, -0.2) is 36.2 Å². The Balaban J connectivity index is 1.70. The van der Waals surface area contributed by atoms with Crippen molar-refractivity contribution < 1.29 is 0 Å². The maximum absolute atomic E-state index is 9.72. The molecule has 9 nitrogen and oxygen atoms in total. The molecule has 0 unspecified atom stereocenters. The van der Waals surface area contributed by atoms with Crippen molar-refractivity contribution in [1.82, 2.24) is 24.9 Å². The number of nitrogens with one attached hydrogen (secondary N) is 1. The van der Waals surface area contributed by atoms with E-state index in [-0.39, 0.29) is 22.9 Å². The summed E-state index contributed by atoms with van der Waals surface area (Å²) in [6, 6.07) is 11.9. The van der Waals surface area contributed by atoms with Crippen molar-refractivity contribution in [2.45, 2.75) is 32.7 Å². The smallest absolute Gasteiger partial charge is 0.252 e. The molecule has 1 aliphatic rings. The molecule has 3 heterocycles. The highest BCUT2D eigenvalue weighted by Gasteiger charge is 2.35. The number of nitrogens with two attached hydrogens (primary N) is 1. The van der Waals surface area contributed by atoms with Crippen LogP contribution in [0.15, 0.2) is 41.6 Å². The molecule has 0 saturated carbocycles. The lowest BCUT2D eigenvalue weighted by molar-refractivity contribution is 0.505. The third kappa shape index (κ3) is 3.75. The van der Waals surface area contributed by atoms with E-state index in [0.29, 0.717) is 17.5 Å². The molecule has 150 valence electrons. The zero-order valence-corrected chi connectivity index (χ0v) is 17.0. The summed E-state index contributed by atoms with van der Waals surface area (Å²) in [5.74, 6) is 1.24. The van der Waals surface area contributed by atoms with Crippen LogP contribution in [-0.2, 0) is 0 Å². The number of H-pyrrole nitrogens is 1. The molecule has 9 heteroatoms. The summed E-state index contributed by atoms with van der Waals surface area (Å²) in [6.07, 6.45) is 4.08. The Labute approximate surface area is 174 Å². The molecule has 0 atom stereocenters. The molecule has 0 bridgehead atoms. The molecule has 3 N–H and O–H groups in total. The van der Waals surface area contributed by atoms with Gasteiger partial charge in [-0.3, -0.25) is 0 Å². The van der Waals surface area contributed by atoms with Gasteiger partial charge in [-0.2, -0.15) is 25.3 Å². The van der Waals surface area contributed by atoms with Gasteiger partial charge in [-0.25, -0.2) is 9.99 Å². The normalized spacial score (nSPS) is 15.7. The average molecular weight is 399 g/mol. The van der Waals surface area contributed by atoms with Gasteiger partial charge in [-0.1, -0.05) is 30.3 Å². The second kappa shape index (κ2) is 7.40. The Morgan fingerprint density at radius 2 is 2.00 bits per heavy atom. The molecule has 3 aromatic rings. The molecule has 0 aliphatic carbocycles. The summed E-state index contributed by atoms with van der Waals surface area (Å²) in [6.45, 7) is 6.04. The standard InChI is InChI=1S/C21H21N9/c1-13-10-21(2,3)30(29-13)20-27-18(26-19(23)28-20)15(11-22)9-16-12-24-17(25-16)14-7-5-4-6-8-14/h4-9,12H,10H2,1-3H3,(H,24,25)(H2,23,26,27,28). The lowest BCUT2D eigenvalue weighted by Gasteiger charge is -2.28. The Morgan fingerprint density at radius 3 is 2.67 bits per heavy atom. The first-order valence-electron chi connectivity index (χ1n) is 9.44. The van der Waals surface area contributed by atoms with E-state index in [1.165, 1.54) is 0 Å². The van der Waals surface area contributed by atoms with Crippen LogP contribution in [0.5, 0.6) is 0 Å². The molecule has 2 aromatic heterocycles. The van der Waals surface area contributed by atoms with Crippen molar-refractivity contribution in [2.75, 3.05) is 10.7 Å². The fourth-order valence-corrected chi connectivity index (χ4v) is 3.41. The maximum Gasteiger partial charge on any atom is 0.252 e. The van der Waals surface area contributed by atoms with Crippen LogP contribution in [0.25, 0.3) is 23.0 Å². The van der Waals surface area contributed by atoms with Crippen LogP contribution < -0.4 is 10.7 Å². The Kier molecular flexibility index (Phi) is 4.75. The molecule has 0 spiro atoms. The summed E-state index contributed by atoms with van der Waals surface area (Å²) in [5, 5.41) is 16.0. The summed E-state index contributed by atoms with van der Waals surface area (Å²) < 4.78 is 0. The lowest BCUT2D eigenvalue weighted by atomic mass is 9.99. The fourth-order valence-electron chi connectivity index (χ4n) is 3.41. The minimum Gasteiger partial charge on any atom is -0.368 e. The number of nitrogens with zero attached hydrogens (tertiary/aromatic N) is 7. The van der Waals surface area contributed by atoms with Crippen LogP contribution in [0, 0.1) is 11.3 Å². The van der Waals surface area contributed by atoms with Crippen molar-refractivity contribution in [3.8, 4) is 17.5 Å². The molecule has 4 rings (SSSR count). The number of benzene rings is 1. The van der Waals surface area contributed by atoms with Crippen molar-refractivity contribution >= 4 is 29.3 Å². The number of rotatable bonds is 4. The molecule has 1 aromatic carbocycles. The van der Waals surface area contributed by atoms with Gasteiger partial charge in [0.15, 0.2) is 5.82 Å². The van der Waals surface area contributed by atoms with Gasteiger partial charge in [-0.15, -0.1) is 0 Å². The van der Waals surface area contributed by atoms with Crippen LogP contribution in [0.1, 0.15) is 38.7 Å². The lowest BCUT2D eigenvalue weighted by Crippen LogP contribution is -2.37. The number of aromatic amines is 1. The quantitative estimate of drug-likeness (QED) is 0.643. The zero-order valence-electron chi connectivity index (χ0n) is 17.0. The molecule has 0 amide bonds. The largest absolute Gasteiger partial charge is 0.368 e. The van der Waals surface area contributed by atoms with Gasteiger partial charge in [0.05, 0.1) is 23.0 Å². The van der Waals surface area contributed by atoms with Crippen LogP contribution in [0.3, 0.4) is 0 Å². The van der Waals surface area contributed by atoms with E-state index in [1.54, 1.807) is 17.3 Å². The molecule has 0 saturated heterocycles. The van der Waals surface area contributed by atoms with Gasteiger partial charge in [0.1, 0.15) is 11.9 Å². The molecular formula is C21H21N9. The Bertz CT molecular complexity index is 1180. The van der Waals surface area contributed by atoms with E-state index < -0.39 is 0 Å². The first-order valence-corrected chi connectivity index (χ1v) is 9.44. The fraction of sp³-hybridized carbons (Fsp3) is 0.238. The van der Waals surface area contributed by atoms with E-state index in [2.05, 4.69) is 36.1 Å². The number of imidazole rings is 1. The number of anilines is 2. The molecule has 1 aliphatic heterocycles. The van der Waals surface area contributed by atoms with E-state index in [4.69, 9.17) is 5.73 Å². The van der Waals surface area contributed by atoms with Gasteiger partial charge >= 0.3 is 0 Å². The van der Waals surface area contributed by atoms with Crippen molar-refractivity contribution in [2.24, 2.45) is 5.10 Å². The van der Waals surface area contributed by atoms with Crippen molar-refractivity contribution in [1.29, 1.82) is 5.26 Å². The van der Waals surface area contributed by atoms with E-state index in [9.17, 15) is 5.26 Å². The minimum atomic E-state index is -0.292. The number of aromatic nitrogens is 5. The number of hydrazone groups is 1. The van der Waals surface area contributed by atoms with E-state index in [1.807, 2.05) is 51.1 Å². The zero-order chi connectivity index (χ0) is 21.3. The average Bonchev–Trinajstić information content (AvgIpc) is 3.29. The number of nitrogen functional groups attached to an aromatic ring is 1. The van der Waals surface area contributed by atoms with Crippen LogP contribution >= 0.6 is 0 Å². The third-order valence-corrected chi connectivity index (χ3v) is 4.67. The number of hydrogen-bond donors (Lipinski definition) is 2. The first-order chi connectivity index (χ1) is 14.4. The topological polar surface area (TPSA) is 133 Å².